The van der Waals surface area contributed by atoms with E-state index in [1.807, 2.05) is 24.9 Å². The number of carbonyl (C=O) groups is 1. The van der Waals surface area contributed by atoms with Gasteiger partial charge in [0, 0.05) is 31.4 Å². The molecule has 5 nitrogen and oxygen atoms in total. The summed E-state index contributed by atoms with van der Waals surface area (Å²) in [5.41, 5.74) is 5.94. The van der Waals surface area contributed by atoms with Crippen LogP contribution >= 0.6 is 0 Å². The van der Waals surface area contributed by atoms with Crippen LogP contribution < -0.4 is 5.73 Å². The standard InChI is InChI=1S/C13H22N4O/c1-9(2)11(14)13(18)17-7-3-4-10(8-17)12-15-5-6-16-12/h5-6,9-11H,3-4,7-8,14H2,1-2H3,(H,15,16). The first kappa shape index (κ1) is 13.1. The highest BCUT2D eigenvalue weighted by Crippen LogP contribution is 2.24. The number of hydrogen-bond acceptors (Lipinski definition) is 3. The van der Waals surface area contributed by atoms with Crippen molar-refractivity contribution in [1.82, 2.24) is 14.9 Å². The van der Waals surface area contributed by atoms with Crippen LogP contribution in [0.5, 0.6) is 0 Å². The van der Waals surface area contributed by atoms with Crippen LogP contribution in [-0.4, -0.2) is 39.9 Å². The summed E-state index contributed by atoms with van der Waals surface area (Å²) in [6, 6.07) is -0.389. The topological polar surface area (TPSA) is 75.0 Å². The highest BCUT2D eigenvalue weighted by molar-refractivity contribution is 5.82. The van der Waals surface area contributed by atoms with Crippen LogP contribution in [0.2, 0.25) is 0 Å². The number of nitrogens with two attached hydrogens (primary N) is 1. The second-order valence-electron chi connectivity index (χ2n) is 5.37. The highest BCUT2D eigenvalue weighted by atomic mass is 16.2. The van der Waals surface area contributed by atoms with E-state index in [4.69, 9.17) is 5.73 Å². The molecule has 1 aliphatic rings. The van der Waals surface area contributed by atoms with E-state index in [1.165, 1.54) is 0 Å². The quantitative estimate of drug-likeness (QED) is 0.843. The average Bonchev–Trinajstić information content (AvgIpc) is 2.91. The van der Waals surface area contributed by atoms with Crippen molar-refractivity contribution in [3.05, 3.63) is 18.2 Å². The Kier molecular flexibility index (Phi) is 4.01. The number of piperidine rings is 1. The summed E-state index contributed by atoms with van der Waals surface area (Å²) in [5.74, 6) is 1.55. The van der Waals surface area contributed by atoms with Gasteiger partial charge in [-0.2, -0.15) is 0 Å². The molecule has 1 amide bonds. The van der Waals surface area contributed by atoms with Crippen molar-refractivity contribution in [2.24, 2.45) is 11.7 Å². The Morgan fingerprint density at radius 3 is 3.00 bits per heavy atom. The van der Waals surface area contributed by atoms with E-state index in [0.29, 0.717) is 5.92 Å². The van der Waals surface area contributed by atoms with E-state index in [0.717, 1.165) is 31.8 Å². The lowest BCUT2D eigenvalue weighted by Crippen LogP contribution is -2.49. The summed E-state index contributed by atoms with van der Waals surface area (Å²) in [5, 5.41) is 0. The molecule has 0 spiro atoms. The first-order valence-corrected chi connectivity index (χ1v) is 6.63. The Balaban J connectivity index is 2.01. The molecule has 2 rings (SSSR count). The average molecular weight is 250 g/mol. The number of hydrogen-bond donors (Lipinski definition) is 2. The predicted octanol–water partition coefficient (Wildman–Crippen LogP) is 1.10. The molecule has 0 radical (unpaired) electrons. The summed E-state index contributed by atoms with van der Waals surface area (Å²) in [6.45, 7) is 5.51. The molecule has 1 aromatic heterocycles. The van der Waals surface area contributed by atoms with Gasteiger partial charge in [-0.05, 0) is 18.8 Å². The van der Waals surface area contributed by atoms with Crippen LogP contribution in [0.1, 0.15) is 38.4 Å². The number of rotatable bonds is 3. The molecule has 0 saturated carbocycles. The fraction of sp³-hybridized carbons (Fsp3) is 0.692. The Morgan fingerprint density at radius 1 is 1.61 bits per heavy atom. The van der Waals surface area contributed by atoms with Gasteiger partial charge in [-0.3, -0.25) is 4.79 Å². The minimum absolute atomic E-state index is 0.0706. The Morgan fingerprint density at radius 2 is 2.39 bits per heavy atom. The summed E-state index contributed by atoms with van der Waals surface area (Å²) < 4.78 is 0. The zero-order chi connectivity index (χ0) is 13.1. The third-order valence-corrected chi connectivity index (χ3v) is 3.64. The van der Waals surface area contributed by atoms with Crippen molar-refractivity contribution < 1.29 is 4.79 Å². The number of amides is 1. The predicted molar refractivity (Wildman–Crippen MR) is 70.0 cm³/mol. The fourth-order valence-electron chi connectivity index (χ4n) is 2.40. The van der Waals surface area contributed by atoms with E-state index < -0.39 is 0 Å². The van der Waals surface area contributed by atoms with Gasteiger partial charge in [-0.25, -0.2) is 4.98 Å². The number of likely N-dealkylation sites (tertiary alicyclic amines) is 1. The van der Waals surface area contributed by atoms with Crippen molar-refractivity contribution in [3.63, 3.8) is 0 Å². The molecular weight excluding hydrogens is 228 g/mol. The Bertz CT molecular complexity index is 388. The normalized spacial score (nSPS) is 22.2. The maximum absolute atomic E-state index is 12.2. The summed E-state index contributed by atoms with van der Waals surface area (Å²) >= 11 is 0. The van der Waals surface area contributed by atoms with Crippen molar-refractivity contribution >= 4 is 5.91 Å². The van der Waals surface area contributed by atoms with Crippen molar-refractivity contribution in [2.75, 3.05) is 13.1 Å². The number of nitrogens with one attached hydrogen (secondary N) is 1. The third kappa shape index (κ3) is 2.72. The molecule has 0 aromatic carbocycles. The minimum atomic E-state index is -0.389. The Hall–Kier alpha value is -1.36. The first-order chi connectivity index (χ1) is 8.59. The molecule has 2 unspecified atom stereocenters. The molecule has 1 aliphatic heterocycles. The van der Waals surface area contributed by atoms with Gasteiger partial charge in [0.2, 0.25) is 5.91 Å². The number of aromatic amines is 1. The van der Waals surface area contributed by atoms with Crippen LogP contribution in [0.4, 0.5) is 0 Å². The van der Waals surface area contributed by atoms with Gasteiger partial charge >= 0.3 is 0 Å². The van der Waals surface area contributed by atoms with Gasteiger partial charge in [-0.1, -0.05) is 13.8 Å². The van der Waals surface area contributed by atoms with Crippen LogP contribution in [0.3, 0.4) is 0 Å². The zero-order valence-electron chi connectivity index (χ0n) is 11.1. The molecule has 2 atom stereocenters. The van der Waals surface area contributed by atoms with Crippen LogP contribution in [0, 0.1) is 5.92 Å². The number of imidazole rings is 1. The molecule has 1 fully saturated rings. The molecule has 1 saturated heterocycles. The third-order valence-electron chi connectivity index (χ3n) is 3.64. The number of aromatic nitrogens is 2. The van der Waals surface area contributed by atoms with Gasteiger partial charge in [0.15, 0.2) is 0 Å². The lowest BCUT2D eigenvalue weighted by molar-refractivity contribution is -0.134. The summed E-state index contributed by atoms with van der Waals surface area (Å²) in [7, 11) is 0. The van der Waals surface area contributed by atoms with Crippen LogP contribution in [-0.2, 0) is 4.79 Å². The smallest absolute Gasteiger partial charge is 0.239 e. The second kappa shape index (κ2) is 5.52. The molecule has 5 heteroatoms. The van der Waals surface area contributed by atoms with E-state index in [-0.39, 0.29) is 17.9 Å². The molecule has 100 valence electrons. The number of carbonyl (C=O) groups excluding carboxylic acids is 1. The maximum Gasteiger partial charge on any atom is 0.239 e. The number of nitrogens with zero attached hydrogens (tertiary/aromatic N) is 2. The Labute approximate surface area is 108 Å². The molecule has 0 aliphatic carbocycles. The molecule has 18 heavy (non-hydrogen) atoms. The lowest BCUT2D eigenvalue weighted by Gasteiger charge is -2.34. The van der Waals surface area contributed by atoms with E-state index in [2.05, 4.69) is 9.97 Å². The van der Waals surface area contributed by atoms with Gasteiger partial charge in [-0.15, -0.1) is 0 Å². The van der Waals surface area contributed by atoms with Crippen molar-refractivity contribution in [2.45, 2.75) is 38.6 Å². The van der Waals surface area contributed by atoms with Gasteiger partial charge in [0.1, 0.15) is 5.82 Å². The van der Waals surface area contributed by atoms with E-state index in [9.17, 15) is 4.79 Å². The first-order valence-electron chi connectivity index (χ1n) is 6.63. The molecule has 0 bridgehead atoms. The van der Waals surface area contributed by atoms with Crippen LogP contribution in [0.15, 0.2) is 12.4 Å². The van der Waals surface area contributed by atoms with Gasteiger partial charge < -0.3 is 15.6 Å². The largest absolute Gasteiger partial charge is 0.348 e. The van der Waals surface area contributed by atoms with E-state index >= 15 is 0 Å². The molecule has 2 heterocycles. The zero-order valence-corrected chi connectivity index (χ0v) is 11.1. The van der Waals surface area contributed by atoms with Crippen LogP contribution in [0.25, 0.3) is 0 Å². The second-order valence-corrected chi connectivity index (χ2v) is 5.37. The highest BCUT2D eigenvalue weighted by Gasteiger charge is 2.29. The van der Waals surface area contributed by atoms with E-state index in [1.54, 1.807) is 6.20 Å². The maximum atomic E-state index is 12.2. The lowest BCUT2D eigenvalue weighted by atomic mass is 9.95. The van der Waals surface area contributed by atoms with Gasteiger partial charge in [0.05, 0.1) is 6.04 Å². The summed E-state index contributed by atoms with van der Waals surface area (Å²) in [4.78, 5) is 21.5. The molecule has 3 N–H and O–H groups in total. The monoisotopic (exact) mass is 250 g/mol. The SMILES string of the molecule is CC(C)C(N)C(=O)N1CCCC(c2ncc[nH]2)C1. The summed E-state index contributed by atoms with van der Waals surface area (Å²) in [6.07, 6.45) is 5.68. The van der Waals surface area contributed by atoms with Crippen molar-refractivity contribution in [1.29, 1.82) is 0 Å². The minimum Gasteiger partial charge on any atom is -0.348 e. The molecule has 1 aromatic rings. The van der Waals surface area contributed by atoms with Crippen molar-refractivity contribution in [3.8, 4) is 0 Å². The van der Waals surface area contributed by atoms with Gasteiger partial charge in [0.25, 0.3) is 0 Å². The molecular formula is C13H22N4O. The number of H-pyrrole nitrogens is 1. The fourth-order valence-corrected chi connectivity index (χ4v) is 2.40.